The average Bonchev–Trinajstić information content (AvgIpc) is 2.48. The van der Waals surface area contributed by atoms with Gasteiger partial charge in [-0.25, -0.2) is 0 Å². The van der Waals surface area contributed by atoms with E-state index in [1.807, 2.05) is 0 Å². The van der Waals surface area contributed by atoms with Crippen molar-refractivity contribution in [3.8, 4) is 11.5 Å². The minimum atomic E-state index is 0.659. The molecule has 4 heteroatoms. The SMILES string of the molecule is Cc1c(CCN2CCNCC2)ccc2c1OCCO2. The third kappa shape index (κ3) is 2.85. The molecule has 0 amide bonds. The van der Waals surface area contributed by atoms with Crippen molar-refractivity contribution in [1.29, 1.82) is 0 Å². The summed E-state index contributed by atoms with van der Waals surface area (Å²) in [6, 6.07) is 4.24. The van der Waals surface area contributed by atoms with Gasteiger partial charge >= 0.3 is 0 Å². The summed E-state index contributed by atoms with van der Waals surface area (Å²) in [5.74, 6) is 1.85. The van der Waals surface area contributed by atoms with E-state index < -0.39 is 0 Å². The van der Waals surface area contributed by atoms with Crippen LogP contribution in [0.5, 0.6) is 11.5 Å². The van der Waals surface area contributed by atoms with E-state index in [-0.39, 0.29) is 0 Å². The molecule has 0 aromatic heterocycles. The molecule has 3 rings (SSSR count). The van der Waals surface area contributed by atoms with Crippen LogP contribution in [0, 0.1) is 6.92 Å². The number of nitrogens with zero attached hydrogens (tertiary/aromatic N) is 1. The summed E-state index contributed by atoms with van der Waals surface area (Å²) in [6.07, 6.45) is 1.09. The summed E-state index contributed by atoms with van der Waals surface area (Å²) < 4.78 is 11.3. The van der Waals surface area contributed by atoms with Crippen LogP contribution in [-0.2, 0) is 6.42 Å². The first kappa shape index (κ1) is 12.8. The van der Waals surface area contributed by atoms with E-state index in [4.69, 9.17) is 9.47 Å². The van der Waals surface area contributed by atoms with Gasteiger partial charge in [-0.3, -0.25) is 0 Å². The summed E-state index contributed by atoms with van der Waals surface area (Å²) in [4.78, 5) is 2.52. The average molecular weight is 262 g/mol. The molecule has 0 aliphatic carbocycles. The highest BCUT2D eigenvalue weighted by molar-refractivity contribution is 5.50. The summed E-state index contributed by atoms with van der Waals surface area (Å²) in [5.41, 5.74) is 2.62. The molecular formula is C15H22N2O2. The molecule has 0 bridgehead atoms. The molecule has 4 nitrogen and oxygen atoms in total. The van der Waals surface area contributed by atoms with Crippen molar-refractivity contribution in [3.63, 3.8) is 0 Å². The molecule has 1 aromatic carbocycles. The molecule has 0 spiro atoms. The maximum absolute atomic E-state index is 5.74. The number of hydrogen-bond donors (Lipinski definition) is 1. The Morgan fingerprint density at radius 1 is 1.16 bits per heavy atom. The molecule has 1 N–H and O–H groups in total. The van der Waals surface area contributed by atoms with Crippen molar-refractivity contribution in [3.05, 3.63) is 23.3 Å². The van der Waals surface area contributed by atoms with Crippen LogP contribution in [0.25, 0.3) is 0 Å². The highest BCUT2D eigenvalue weighted by atomic mass is 16.6. The summed E-state index contributed by atoms with van der Waals surface area (Å²) in [7, 11) is 0. The lowest BCUT2D eigenvalue weighted by molar-refractivity contribution is 0.170. The van der Waals surface area contributed by atoms with Crippen molar-refractivity contribution >= 4 is 0 Å². The van der Waals surface area contributed by atoms with E-state index in [1.54, 1.807) is 0 Å². The molecule has 0 atom stereocenters. The monoisotopic (exact) mass is 262 g/mol. The van der Waals surface area contributed by atoms with Crippen molar-refractivity contribution in [1.82, 2.24) is 10.2 Å². The fraction of sp³-hybridized carbons (Fsp3) is 0.600. The summed E-state index contributed by atoms with van der Waals surface area (Å²) in [6.45, 7) is 9.12. The van der Waals surface area contributed by atoms with E-state index in [0.717, 1.165) is 50.6 Å². The fourth-order valence-corrected chi connectivity index (χ4v) is 2.78. The summed E-state index contributed by atoms with van der Waals surface area (Å²) >= 11 is 0. The Kier molecular flexibility index (Phi) is 3.89. The van der Waals surface area contributed by atoms with Crippen molar-refractivity contribution in [2.24, 2.45) is 0 Å². The third-order valence-electron chi connectivity index (χ3n) is 3.98. The molecule has 2 aliphatic rings. The number of piperazine rings is 1. The number of hydrogen-bond acceptors (Lipinski definition) is 4. The zero-order valence-corrected chi connectivity index (χ0v) is 11.6. The highest BCUT2D eigenvalue weighted by Gasteiger charge is 2.17. The first-order valence-corrected chi connectivity index (χ1v) is 7.16. The van der Waals surface area contributed by atoms with E-state index >= 15 is 0 Å². The molecule has 1 saturated heterocycles. The molecule has 19 heavy (non-hydrogen) atoms. The number of benzene rings is 1. The van der Waals surface area contributed by atoms with E-state index in [9.17, 15) is 0 Å². The fourth-order valence-electron chi connectivity index (χ4n) is 2.78. The maximum Gasteiger partial charge on any atom is 0.164 e. The van der Waals surface area contributed by atoms with Gasteiger partial charge in [-0.2, -0.15) is 0 Å². The lowest BCUT2D eigenvalue weighted by atomic mass is 10.0. The van der Waals surface area contributed by atoms with Crippen LogP contribution in [0.4, 0.5) is 0 Å². The van der Waals surface area contributed by atoms with Gasteiger partial charge < -0.3 is 19.7 Å². The van der Waals surface area contributed by atoms with Gasteiger partial charge in [0.2, 0.25) is 0 Å². The van der Waals surface area contributed by atoms with Crippen LogP contribution in [0.15, 0.2) is 12.1 Å². The molecule has 0 unspecified atom stereocenters. The van der Waals surface area contributed by atoms with Gasteiger partial charge in [-0.1, -0.05) is 6.07 Å². The molecule has 0 radical (unpaired) electrons. The van der Waals surface area contributed by atoms with Crippen molar-refractivity contribution < 1.29 is 9.47 Å². The minimum Gasteiger partial charge on any atom is -0.486 e. The maximum atomic E-state index is 5.74. The number of fused-ring (bicyclic) bond motifs is 1. The van der Waals surface area contributed by atoms with Crippen LogP contribution in [-0.4, -0.2) is 50.8 Å². The first-order valence-electron chi connectivity index (χ1n) is 7.16. The number of ether oxygens (including phenoxy) is 2. The third-order valence-corrected chi connectivity index (χ3v) is 3.98. The molecular weight excluding hydrogens is 240 g/mol. The lowest BCUT2D eigenvalue weighted by Gasteiger charge is -2.28. The van der Waals surface area contributed by atoms with Gasteiger partial charge in [0.05, 0.1) is 0 Å². The van der Waals surface area contributed by atoms with Crippen LogP contribution in [0.2, 0.25) is 0 Å². The smallest absolute Gasteiger partial charge is 0.164 e. The standard InChI is InChI=1S/C15H22N2O2/c1-12-13(4-7-17-8-5-16-6-9-17)2-3-14-15(12)19-11-10-18-14/h2-3,16H,4-11H2,1H3. The number of rotatable bonds is 3. The van der Waals surface area contributed by atoms with Crippen LogP contribution < -0.4 is 14.8 Å². The van der Waals surface area contributed by atoms with E-state index in [1.165, 1.54) is 11.1 Å². The van der Waals surface area contributed by atoms with Crippen molar-refractivity contribution in [2.75, 3.05) is 45.9 Å². The Morgan fingerprint density at radius 3 is 2.79 bits per heavy atom. The van der Waals surface area contributed by atoms with Crippen LogP contribution in [0.3, 0.4) is 0 Å². The second kappa shape index (κ2) is 5.80. The molecule has 2 heterocycles. The molecule has 2 aliphatic heterocycles. The van der Waals surface area contributed by atoms with Gasteiger partial charge in [0.25, 0.3) is 0 Å². The first-order chi connectivity index (χ1) is 9.34. The van der Waals surface area contributed by atoms with Crippen LogP contribution in [0.1, 0.15) is 11.1 Å². The Morgan fingerprint density at radius 2 is 1.95 bits per heavy atom. The zero-order valence-electron chi connectivity index (χ0n) is 11.6. The van der Waals surface area contributed by atoms with Crippen LogP contribution >= 0.6 is 0 Å². The second-order valence-corrected chi connectivity index (χ2v) is 5.22. The molecule has 1 aromatic rings. The second-order valence-electron chi connectivity index (χ2n) is 5.22. The predicted molar refractivity (Wildman–Crippen MR) is 75.2 cm³/mol. The van der Waals surface area contributed by atoms with E-state index in [2.05, 4.69) is 29.3 Å². The van der Waals surface area contributed by atoms with Gasteiger partial charge in [0.15, 0.2) is 11.5 Å². The van der Waals surface area contributed by atoms with Gasteiger partial charge in [0, 0.05) is 32.7 Å². The van der Waals surface area contributed by atoms with E-state index in [0.29, 0.717) is 13.2 Å². The van der Waals surface area contributed by atoms with Gasteiger partial charge in [-0.15, -0.1) is 0 Å². The Balaban J connectivity index is 1.67. The molecule has 0 saturated carbocycles. The molecule has 1 fully saturated rings. The van der Waals surface area contributed by atoms with Gasteiger partial charge in [0.1, 0.15) is 13.2 Å². The Bertz CT molecular complexity index is 442. The molecule has 104 valence electrons. The summed E-state index contributed by atoms with van der Waals surface area (Å²) in [5, 5.41) is 3.39. The quantitative estimate of drug-likeness (QED) is 0.888. The minimum absolute atomic E-state index is 0.659. The lowest BCUT2D eigenvalue weighted by Crippen LogP contribution is -2.44. The van der Waals surface area contributed by atoms with Gasteiger partial charge in [-0.05, 0) is 30.5 Å². The largest absolute Gasteiger partial charge is 0.486 e. The topological polar surface area (TPSA) is 33.7 Å². The van der Waals surface area contributed by atoms with Crippen molar-refractivity contribution in [2.45, 2.75) is 13.3 Å². The zero-order chi connectivity index (χ0) is 13.1. The number of nitrogens with one attached hydrogen (secondary N) is 1. The Hall–Kier alpha value is -1.26. The predicted octanol–water partition coefficient (Wildman–Crippen LogP) is 1.21. The normalized spacial score (nSPS) is 19.4. The Labute approximate surface area is 114 Å². The highest BCUT2D eigenvalue weighted by Crippen LogP contribution is 2.35.